The molecule has 90 valence electrons. The van der Waals surface area contributed by atoms with Gasteiger partial charge < -0.3 is 9.88 Å². The summed E-state index contributed by atoms with van der Waals surface area (Å²) in [6.07, 6.45) is 6.37. The highest BCUT2D eigenvalue weighted by molar-refractivity contribution is 7.12. The molecule has 0 aliphatic rings. The predicted octanol–water partition coefficient (Wildman–Crippen LogP) is 2.07. The summed E-state index contributed by atoms with van der Waals surface area (Å²) >= 11 is 1.49. The van der Waals surface area contributed by atoms with Crippen molar-refractivity contribution < 1.29 is 4.79 Å². The van der Waals surface area contributed by atoms with Crippen molar-refractivity contribution in [2.24, 2.45) is 0 Å². The summed E-state index contributed by atoms with van der Waals surface area (Å²) in [5.74, 6) is 0.0307. The second-order valence-electron chi connectivity index (χ2n) is 3.84. The van der Waals surface area contributed by atoms with E-state index in [0.717, 1.165) is 23.4 Å². The van der Waals surface area contributed by atoms with E-state index in [1.807, 2.05) is 29.1 Å². The van der Waals surface area contributed by atoms with E-state index in [2.05, 4.69) is 10.3 Å². The molecule has 1 amide bonds. The number of thiophene rings is 1. The molecule has 5 heteroatoms. The van der Waals surface area contributed by atoms with Crippen LogP contribution in [-0.2, 0) is 6.54 Å². The Hall–Kier alpha value is -1.62. The minimum absolute atomic E-state index is 0.0307. The second kappa shape index (κ2) is 5.63. The fourth-order valence-electron chi connectivity index (χ4n) is 1.57. The van der Waals surface area contributed by atoms with Crippen molar-refractivity contribution in [2.45, 2.75) is 19.9 Å². The van der Waals surface area contributed by atoms with Crippen LogP contribution in [0.15, 0.2) is 30.2 Å². The maximum atomic E-state index is 11.8. The molecular formula is C12H15N3OS. The first kappa shape index (κ1) is 11.9. The number of aryl methyl sites for hydroxylation is 2. The van der Waals surface area contributed by atoms with Crippen molar-refractivity contribution >= 4 is 17.2 Å². The van der Waals surface area contributed by atoms with Crippen molar-refractivity contribution in [3.8, 4) is 0 Å². The summed E-state index contributed by atoms with van der Waals surface area (Å²) in [5, 5.41) is 4.87. The van der Waals surface area contributed by atoms with Crippen LogP contribution in [0.4, 0.5) is 0 Å². The van der Waals surface area contributed by atoms with E-state index in [9.17, 15) is 4.79 Å². The van der Waals surface area contributed by atoms with Crippen LogP contribution in [0.1, 0.15) is 21.7 Å². The van der Waals surface area contributed by atoms with Crippen molar-refractivity contribution in [1.29, 1.82) is 0 Å². The first-order chi connectivity index (χ1) is 8.27. The third-order valence-corrected chi connectivity index (χ3v) is 3.52. The summed E-state index contributed by atoms with van der Waals surface area (Å²) in [6.45, 7) is 3.52. The molecule has 0 aliphatic carbocycles. The summed E-state index contributed by atoms with van der Waals surface area (Å²) in [7, 11) is 0. The lowest BCUT2D eigenvalue weighted by Gasteiger charge is -2.05. The molecule has 1 N–H and O–H groups in total. The van der Waals surface area contributed by atoms with Crippen LogP contribution >= 0.6 is 11.3 Å². The number of nitrogens with zero attached hydrogens (tertiary/aromatic N) is 2. The van der Waals surface area contributed by atoms with Gasteiger partial charge in [0.25, 0.3) is 5.91 Å². The smallest absolute Gasteiger partial charge is 0.261 e. The van der Waals surface area contributed by atoms with Gasteiger partial charge in [-0.25, -0.2) is 4.98 Å². The summed E-state index contributed by atoms with van der Waals surface area (Å²) < 4.78 is 2.00. The standard InChI is InChI=1S/C12H15N3OS/c1-10-3-8-17-11(10)12(16)14-4-2-6-15-7-5-13-9-15/h3,5,7-9H,2,4,6H2,1H3,(H,14,16). The summed E-state index contributed by atoms with van der Waals surface area (Å²) in [5.41, 5.74) is 1.04. The number of aromatic nitrogens is 2. The van der Waals surface area contributed by atoms with E-state index in [4.69, 9.17) is 0 Å². The van der Waals surface area contributed by atoms with Gasteiger partial charge in [0.1, 0.15) is 0 Å². The number of hydrogen-bond donors (Lipinski definition) is 1. The maximum absolute atomic E-state index is 11.8. The average Bonchev–Trinajstić information content (AvgIpc) is 2.95. The SMILES string of the molecule is Cc1ccsc1C(=O)NCCCn1ccnc1. The molecule has 0 bridgehead atoms. The van der Waals surface area contributed by atoms with Gasteiger partial charge in [0.05, 0.1) is 11.2 Å². The highest BCUT2D eigenvalue weighted by Crippen LogP contribution is 2.14. The highest BCUT2D eigenvalue weighted by atomic mass is 32.1. The van der Waals surface area contributed by atoms with Crippen LogP contribution in [0.5, 0.6) is 0 Å². The molecule has 0 aliphatic heterocycles. The highest BCUT2D eigenvalue weighted by Gasteiger charge is 2.08. The Morgan fingerprint density at radius 1 is 1.59 bits per heavy atom. The molecule has 0 radical (unpaired) electrons. The molecule has 0 atom stereocenters. The van der Waals surface area contributed by atoms with Gasteiger partial charge in [0.15, 0.2) is 0 Å². The molecule has 0 spiro atoms. The topological polar surface area (TPSA) is 46.9 Å². The maximum Gasteiger partial charge on any atom is 0.261 e. The van der Waals surface area contributed by atoms with Crippen molar-refractivity contribution in [2.75, 3.05) is 6.54 Å². The number of carbonyl (C=O) groups is 1. The van der Waals surface area contributed by atoms with Crippen LogP contribution in [0.25, 0.3) is 0 Å². The Labute approximate surface area is 104 Å². The third-order valence-electron chi connectivity index (χ3n) is 2.51. The van der Waals surface area contributed by atoms with Crippen LogP contribution in [0.2, 0.25) is 0 Å². The fourth-order valence-corrected chi connectivity index (χ4v) is 2.41. The molecule has 4 nitrogen and oxygen atoms in total. The second-order valence-corrected chi connectivity index (χ2v) is 4.76. The fraction of sp³-hybridized carbons (Fsp3) is 0.333. The van der Waals surface area contributed by atoms with Crippen LogP contribution in [0.3, 0.4) is 0 Å². The zero-order valence-electron chi connectivity index (χ0n) is 9.72. The van der Waals surface area contributed by atoms with E-state index < -0.39 is 0 Å². The van der Waals surface area contributed by atoms with E-state index in [1.54, 1.807) is 12.5 Å². The first-order valence-corrected chi connectivity index (χ1v) is 6.43. The molecule has 0 saturated carbocycles. The van der Waals surface area contributed by atoms with Gasteiger partial charge in [0, 0.05) is 25.5 Å². The number of hydrogen-bond acceptors (Lipinski definition) is 3. The number of rotatable bonds is 5. The Bertz CT molecular complexity index is 476. The van der Waals surface area contributed by atoms with Gasteiger partial charge >= 0.3 is 0 Å². The Morgan fingerprint density at radius 2 is 2.47 bits per heavy atom. The van der Waals surface area contributed by atoms with Gasteiger partial charge in [-0.3, -0.25) is 4.79 Å². The van der Waals surface area contributed by atoms with Crippen molar-refractivity contribution in [3.05, 3.63) is 40.6 Å². The summed E-state index contributed by atoms with van der Waals surface area (Å²) in [6, 6.07) is 1.96. The zero-order chi connectivity index (χ0) is 12.1. The largest absolute Gasteiger partial charge is 0.351 e. The predicted molar refractivity (Wildman–Crippen MR) is 68.2 cm³/mol. The first-order valence-electron chi connectivity index (χ1n) is 5.55. The monoisotopic (exact) mass is 249 g/mol. The Morgan fingerprint density at radius 3 is 3.12 bits per heavy atom. The van der Waals surface area contributed by atoms with Gasteiger partial charge in [-0.05, 0) is 30.4 Å². The van der Waals surface area contributed by atoms with Crippen LogP contribution in [-0.4, -0.2) is 22.0 Å². The lowest BCUT2D eigenvalue weighted by atomic mass is 10.3. The van der Waals surface area contributed by atoms with Crippen LogP contribution in [0, 0.1) is 6.92 Å². The van der Waals surface area contributed by atoms with Gasteiger partial charge in [0.2, 0.25) is 0 Å². The van der Waals surface area contributed by atoms with E-state index in [1.165, 1.54) is 11.3 Å². The zero-order valence-corrected chi connectivity index (χ0v) is 10.5. The summed E-state index contributed by atoms with van der Waals surface area (Å²) in [4.78, 5) is 16.5. The van der Waals surface area contributed by atoms with E-state index >= 15 is 0 Å². The lowest BCUT2D eigenvalue weighted by Crippen LogP contribution is -2.24. The molecule has 2 heterocycles. The molecular weight excluding hydrogens is 234 g/mol. The minimum atomic E-state index is 0.0307. The van der Waals surface area contributed by atoms with Crippen LogP contribution < -0.4 is 5.32 Å². The van der Waals surface area contributed by atoms with E-state index in [-0.39, 0.29) is 5.91 Å². The molecule has 0 saturated heterocycles. The number of imidazole rings is 1. The molecule has 0 fully saturated rings. The van der Waals surface area contributed by atoms with Crippen molar-refractivity contribution in [3.63, 3.8) is 0 Å². The normalized spacial score (nSPS) is 10.4. The average molecular weight is 249 g/mol. The third kappa shape index (κ3) is 3.17. The quantitative estimate of drug-likeness (QED) is 0.825. The molecule has 0 unspecified atom stereocenters. The number of nitrogens with one attached hydrogen (secondary N) is 1. The molecule has 2 rings (SSSR count). The van der Waals surface area contributed by atoms with Gasteiger partial charge in [-0.1, -0.05) is 0 Å². The Kier molecular flexibility index (Phi) is 3.93. The van der Waals surface area contributed by atoms with Crippen molar-refractivity contribution in [1.82, 2.24) is 14.9 Å². The van der Waals surface area contributed by atoms with Gasteiger partial charge in [-0.2, -0.15) is 0 Å². The lowest BCUT2D eigenvalue weighted by molar-refractivity contribution is 0.0956. The minimum Gasteiger partial charge on any atom is -0.351 e. The molecule has 2 aromatic heterocycles. The number of carbonyl (C=O) groups excluding carboxylic acids is 1. The number of amides is 1. The Balaban J connectivity index is 1.72. The molecule has 2 aromatic rings. The molecule has 0 aromatic carbocycles. The van der Waals surface area contributed by atoms with Gasteiger partial charge in [-0.15, -0.1) is 11.3 Å². The van der Waals surface area contributed by atoms with E-state index in [0.29, 0.717) is 6.54 Å². The molecule has 17 heavy (non-hydrogen) atoms.